The molecule has 0 spiro atoms. The Kier molecular flexibility index (Phi) is 37.8. The molecule has 0 fully saturated rings. The number of carbonyl (C=O) groups excluding carboxylic acids is 7. The Bertz CT molecular complexity index is 7540. The number of hydrogen-bond donors (Lipinski definition) is 15. The van der Waals surface area contributed by atoms with Crippen molar-refractivity contribution in [2.45, 2.75) is 96.2 Å². The monoisotopic (exact) mass is 2180 g/mol. The number of anilines is 3. The number of urea groups is 3. The Balaban J connectivity index is 0.000000148. The molecule has 9 aromatic carbocycles. The van der Waals surface area contributed by atoms with Crippen molar-refractivity contribution in [2.75, 3.05) is 37.3 Å². The van der Waals surface area contributed by atoms with Crippen LogP contribution in [0.1, 0.15) is 108 Å². The lowest BCUT2D eigenvalue weighted by atomic mass is 10.0. The van der Waals surface area contributed by atoms with E-state index in [4.69, 9.17) is 101 Å². The zero-order valence-electron chi connectivity index (χ0n) is 79.7. The Hall–Kier alpha value is -15.2. The summed E-state index contributed by atoms with van der Waals surface area (Å²) >= 11 is 49.1. The number of benzene rings is 9. The van der Waals surface area contributed by atoms with E-state index in [0.717, 1.165) is 86.8 Å². The Morgan fingerprint density at radius 3 is 1.17 bits per heavy atom. The summed E-state index contributed by atoms with van der Waals surface area (Å²) in [6.45, 7) is 4.75. The van der Waals surface area contributed by atoms with Crippen LogP contribution in [0, 0.1) is 13.8 Å². The van der Waals surface area contributed by atoms with Crippen LogP contribution in [0.25, 0.3) is 66.3 Å². The topological polar surface area (TPSA) is 437 Å². The van der Waals surface area contributed by atoms with Gasteiger partial charge in [0.15, 0.2) is 0 Å². The molecule has 0 radical (unpaired) electrons. The fourth-order valence-electron chi connectivity index (χ4n) is 15.5. The average Bonchev–Trinajstić information content (AvgIpc) is 1.67. The van der Waals surface area contributed by atoms with Gasteiger partial charge in [0.05, 0.1) is 95.7 Å². The van der Waals surface area contributed by atoms with Gasteiger partial charge < -0.3 is 76.3 Å². The number of amides is 10. The van der Waals surface area contributed by atoms with Crippen LogP contribution >= 0.6 is 115 Å². The number of hydrogen-bond acceptors (Lipinski definition) is 20. The predicted octanol–water partition coefficient (Wildman–Crippen LogP) is 25.4. The van der Waals surface area contributed by atoms with Gasteiger partial charge in [-0.05, 0) is 157 Å². The Morgan fingerprint density at radius 2 is 0.784 bits per heavy atom. The van der Waals surface area contributed by atoms with Gasteiger partial charge in [0, 0.05) is 68.2 Å². The zero-order valence-corrected chi connectivity index (χ0v) is 87.5. The second-order valence-electron chi connectivity index (χ2n) is 33.3. The van der Waals surface area contributed by atoms with Gasteiger partial charge in [-0.2, -0.15) is 11.3 Å². The maximum absolute atomic E-state index is 13.1. The first-order valence-electron chi connectivity index (χ1n) is 46.0. The Labute approximate surface area is 896 Å². The molecule has 15 N–H and O–H groups in total. The highest BCUT2D eigenvalue weighted by atomic mass is 35.5. The van der Waals surface area contributed by atoms with E-state index in [1.807, 2.05) is 201 Å². The van der Waals surface area contributed by atoms with E-state index in [0.29, 0.717) is 155 Å². The van der Waals surface area contributed by atoms with Crippen LogP contribution in [0.15, 0.2) is 272 Å². The summed E-state index contributed by atoms with van der Waals surface area (Å²) < 4.78 is 15.5. The second-order valence-corrected chi connectivity index (χ2v) is 39.4. The largest absolute Gasteiger partial charge is 0.453 e. The normalized spacial score (nSPS) is 11.7. The molecule has 0 aliphatic carbocycles. The standard InChI is InChI=1S/C28H25Cl2N5OS.C27H24Cl2N8O3.C26H25ClN4O3S.C25H23Cl2N5O3S/c1-16-8-10-19(11-9-16)25-26(30)35-27(34-25)22(12-18-6-4-3-5-7-18)33-28(36)31-15-20-13-21(29)14-23-24(20)32-17(2)37-23;1-40-27(39)33-17-9-7-16(8-10-17)22-24(29)37-25(36-22)19(11-15-5-3-2-4-6-15)35-26(38)30-13-20-23-18(31-14-32-23)12-21(28)34-20;1-34-26(33)28-20-10-8-19(9-11-20)23-24(27)31-25(30-23)21(15-17-5-3-2-4-6-17)29-22(32)12-7-18-13-14-35-16-18;1-35-25(34)29-17-9-7-16(8-10-17)21-22(27)32-23(31-21)19(13-15-5-3-2-4-6-15)30-24(33)28-14-18-11-12-20(26)36-18/h3-11,13-14,22H,12,15H2,1-2H3,(H,34,35)(H2,31,33,36);2-10,12,14,19H,11,13H2,1H3,(H,31,32)(H,33,39)(H,36,37)(H2,30,35,38);2-6,8-11,13-14,16,21H,7,12,15H2,1H3,(H,28,33)(H,29,32)(H,30,31);2-12,19H,13-14H2,1H3,(H,29,34)(H,31,32)(H2,28,30,33)/t22-;19-;21-;19-/m0000/s1. The van der Waals surface area contributed by atoms with Crippen LogP contribution < -0.4 is 53.2 Å². The van der Waals surface area contributed by atoms with Gasteiger partial charge in [0.25, 0.3) is 0 Å². The molecule has 9 aromatic heterocycles. The summed E-state index contributed by atoms with van der Waals surface area (Å²) in [5.41, 5.74) is 17.2. The lowest BCUT2D eigenvalue weighted by molar-refractivity contribution is -0.121. The molecule has 4 atom stereocenters. The number of pyridine rings is 1. The van der Waals surface area contributed by atoms with E-state index in [1.165, 1.54) is 32.7 Å². The second kappa shape index (κ2) is 52.3. The SMILES string of the molecule is COC(=O)Nc1ccc(-c2nc([C@H](Cc3ccccc3)NC(=O)CCc3ccsc3)[nH]c2Cl)cc1.COC(=O)Nc1ccc(-c2nc([C@H](Cc3ccccc3)NC(=O)NCc3ccc(Cl)s3)[nH]c2Cl)cc1.COC(=O)Nc1ccc(-c2nc([C@H](Cc3ccccc3)NC(=O)NCc3nc(Cl)cc4[nH]cnc34)[nH]c2Cl)cc1.Cc1ccc(-c2nc([C@H](Cc3ccccc3)NC(=O)NCc3cc(Cl)cc4sc(C)nc34)[nH]c2Cl)cc1. The first kappa shape index (κ1) is 107. The van der Waals surface area contributed by atoms with Crippen molar-refractivity contribution >= 4 is 196 Å². The smallest absolute Gasteiger partial charge is 0.411 e. The van der Waals surface area contributed by atoms with Gasteiger partial charge >= 0.3 is 36.4 Å². The highest BCUT2D eigenvalue weighted by Crippen LogP contribution is 2.37. The third-order valence-electron chi connectivity index (χ3n) is 22.7. The first-order chi connectivity index (χ1) is 71.7. The molecule has 32 nitrogen and oxygen atoms in total. The number of thiazole rings is 1. The number of rotatable bonds is 32. The quantitative estimate of drug-likeness (QED) is 0.0138. The van der Waals surface area contributed by atoms with E-state index in [9.17, 15) is 33.6 Å². The lowest BCUT2D eigenvalue weighted by Gasteiger charge is -2.18. The number of fused-ring (bicyclic) bond motifs is 2. The molecule has 0 bridgehead atoms. The number of aromatic amines is 5. The van der Waals surface area contributed by atoms with E-state index >= 15 is 0 Å². The molecule has 10 amide bonds. The van der Waals surface area contributed by atoms with Crippen molar-refractivity contribution in [1.29, 1.82) is 0 Å². The van der Waals surface area contributed by atoms with Crippen LogP contribution in [-0.2, 0) is 70.7 Å². The van der Waals surface area contributed by atoms with Crippen molar-refractivity contribution in [3.8, 4) is 45.0 Å². The number of nitrogens with one attached hydrogen (secondary N) is 15. The third-order valence-corrected chi connectivity index (χ3v) is 27.1. The molecule has 148 heavy (non-hydrogen) atoms. The molecular weight excluding hydrogens is 2090 g/mol. The summed E-state index contributed by atoms with van der Waals surface area (Å²) in [6.07, 6.45) is 3.01. The highest BCUT2D eigenvalue weighted by Gasteiger charge is 2.29. The first-order valence-corrected chi connectivity index (χ1v) is 51.2. The molecule has 18 aromatic rings. The number of halogens is 7. The number of carbonyl (C=O) groups is 7. The van der Waals surface area contributed by atoms with Crippen LogP contribution in [-0.4, -0.2) is 123 Å². The molecule has 0 saturated carbocycles. The summed E-state index contributed by atoms with van der Waals surface area (Å²) in [5, 5.41) is 36.0. The van der Waals surface area contributed by atoms with Crippen LogP contribution in [0.2, 0.25) is 35.1 Å². The van der Waals surface area contributed by atoms with Gasteiger partial charge in [-0.3, -0.25) is 20.7 Å². The minimum atomic E-state index is -0.569. The molecule has 42 heteroatoms. The fraction of sp³-hybridized carbons (Fsp3) is 0.170. The van der Waals surface area contributed by atoms with E-state index in [2.05, 4.69) is 113 Å². The summed E-state index contributed by atoms with van der Waals surface area (Å²) in [6, 6.07) is 76.7. The molecular formula is C106H97Cl7N22O10S3. The number of thiophene rings is 2. The van der Waals surface area contributed by atoms with Gasteiger partial charge in [0.2, 0.25) is 5.91 Å². The average molecular weight is 2180 g/mol. The maximum atomic E-state index is 13.1. The minimum Gasteiger partial charge on any atom is -0.453 e. The molecule has 0 aliphatic rings. The number of imidazole rings is 5. The number of H-pyrrole nitrogens is 5. The van der Waals surface area contributed by atoms with E-state index < -0.39 is 42.4 Å². The summed E-state index contributed by atoms with van der Waals surface area (Å²) in [4.78, 5) is 135. The van der Waals surface area contributed by atoms with Crippen molar-refractivity contribution in [3.63, 3.8) is 0 Å². The van der Waals surface area contributed by atoms with E-state index in [-0.39, 0.29) is 37.1 Å². The number of aromatic nitrogens is 12. The van der Waals surface area contributed by atoms with Crippen LogP contribution in [0.4, 0.5) is 45.8 Å². The van der Waals surface area contributed by atoms with Crippen LogP contribution in [0.5, 0.6) is 0 Å². The number of aryl methyl sites for hydroxylation is 3. The molecule has 9 heterocycles. The van der Waals surface area contributed by atoms with Crippen molar-refractivity contribution in [3.05, 3.63) is 385 Å². The molecule has 0 aliphatic heterocycles. The third kappa shape index (κ3) is 30.5. The van der Waals surface area contributed by atoms with Gasteiger partial charge in [-0.1, -0.05) is 269 Å². The van der Waals surface area contributed by atoms with E-state index in [1.54, 1.807) is 102 Å². The van der Waals surface area contributed by atoms with Crippen molar-refractivity contribution in [1.82, 2.24) is 97.0 Å². The van der Waals surface area contributed by atoms with Gasteiger partial charge in [-0.25, -0.2) is 63.7 Å². The maximum Gasteiger partial charge on any atom is 0.411 e. The minimum absolute atomic E-state index is 0.0514. The fourth-order valence-corrected chi connectivity index (χ4v) is 19.6. The predicted molar refractivity (Wildman–Crippen MR) is 585 cm³/mol. The zero-order chi connectivity index (χ0) is 104. The number of ether oxygens (including phenoxy) is 3. The number of methoxy groups -OCH3 is 3. The molecule has 0 saturated heterocycles. The highest BCUT2D eigenvalue weighted by molar-refractivity contribution is 7.18. The van der Waals surface area contributed by atoms with Crippen LogP contribution in [0.3, 0.4) is 0 Å². The molecule has 758 valence electrons. The van der Waals surface area contributed by atoms with Crippen molar-refractivity contribution in [2.24, 2.45) is 0 Å². The van der Waals surface area contributed by atoms with Gasteiger partial charge in [-0.15, -0.1) is 22.7 Å². The number of nitrogens with zero attached hydrogens (tertiary/aromatic N) is 7. The summed E-state index contributed by atoms with van der Waals surface area (Å²) in [5.74, 6) is 2.11. The lowest BCUT2D eigenvalue weighted by Crippen LogP contribution is -2.39. The molecule has 18 rings (SSSR count). The van der Waals surface area contributed by atoms with Crippen molar-refractivity contribution < 1.29 is 47.8 Å². The Morgan fingerprint density at radius 1 is 0.392 bits per heavy atom. The molecule has 0 unspecified atom stereocenters. The van der Waals surface area contributed by atoms with Gasteiger partial charge in [0.1, 0.15) is 77.4 Å². The summed E-state index contributed by atoms with van der Waals surface area (Å²) in [7, 11) is 3.90.